The molecular weight excluding hydrogens is 321 g/mol. The Morgan fingerprint density at radius 2 is 1.68 bits per heavy atom. The molecule has 0 atom stereocenters. The van der Waals surface area contributed by atoms with E-state index in [4.69, 9.17) is 5.73 Å². The Labute approximate surface area is 147 Å². The SMILES string of the molecule is CCC(CC)(CN)C(=O)NC1CCN(CC2CC2)CC1.Cl.Cl. The third kappa shape index (κ3) is 5.55. The summed E-state index contributed by atoms with van der Waals surface area (Å²) < 4.78 is 0. The summed E-state index contributed by atoms with van der Waals surface area (Å²) in [5, 5.41) is 3.26. The highest BCUT2D eigenvalue weighted by Gasteiger charge is 2.35. The number of nitrogens with two attached hydrogens (primary N) is 1. The summed E-state index contributed by atoms with van der Waals surface area (Å²) >= 11 is 0. The van der Waals surface area contributed by atoms with Crippen LogP contribution in [0, 0.1) is 11.3 Å². The van der Waals surface area contributed by atoms with E-state index >= 15 is 0 Å². The molecule has 0 radical (unpaired) electrons. The predicted molar refractivity (Wildman–Crippen MR) is 96.9 cm³/mol. The van der Waals surface area contributed by atoms with Gasteiger partial charge in [0.15, 0.2) is 0 Å². The number of nitrogens with one attached hydrogen (secondary N) is 1. The molecule has 0 bridgehead atoms. The van der Waals surface area contributed by atoms with Gasteiger partial charge in [0.2, 0.25) is 5.91 Å². The molecule has 2 fully saturated rings. The van der Waals surface area contributed by atoms with E-state index in [1.807, 2.05) is 0 Å². The van der Waals surface area contributed by atoms with Crippen molar-refractivity contribution in [1.82, 2.24) is 10.2 Å². The normalized spacial score (nSPS) is 20.0. The zero-order valence-corrected chi connectivity index (χ0v) is 15.6. The molecule has 0 unspecified atom stereocenters. The molecule has 1 aliphatic heterocycles. The van der Waals surface area contributed by atoms with E-state index in [2.05, 4.69) is 24.1 Å². The molecule has 4 nitrogen and oxygen atoms in total. The highest BCUT2D eigenvalue weighted by Crippen LogP contribution is 2.31. The Kier molecular flexibility index (Phi) is 9.95. The first-order valence-electron chi connectivity index (χ1n) is 8.37. The van der Waals surface area contributed by atoms with E-state index in [1.54, 1.807) is 0 Å². The third-order valence-corrected chi connectivity index (χ3v) is 5.36. The lowest BCUT2D eigenvalue weighted by molar-refractivity contribution is -0.132. The van der Waals surface area contributed by atoms with Crippen molar-refractivity contribution in [3.8, 4) is 0 Å². The summed E-state index contributed by atoms with van der Waals surface area (Å²) in [6, 6.07) is 0.349. The second-order valence-electron chi connectivity index (χ2n) is 6.68. The van der Waals surface area contributed by atoms with Gasteiger partial charge >= 0.3 is 0 Å². The van der Waals surface area contributed by atoms with Crippen LogP contribution in [-0.2, 0) is 4.79 Å². The minimum Gasteiger partial charge on any atom is -0.353 e. The summed E-state index contributed by atoms with van der Waals surface area (Å²) in [5.41, 5.74) is 5.49. The van der Waals surface area contributed by atoms with Gasteiger partial charge in [-0.05, 0) is 44.4 Å². The average Bonchev–Trinajstić information content (AvgIpc) is 3.28. The fraction of sp³-hybridized carbons (Fsp3) is 0.938. The summed E-state index contributed by atoms with van der Waals surface area (Å²) in [6.45, 7) is 8.12. The monoisotopic (exact) mass is 353 g/mol. The number of likely N-dealkylation sites (tertiary alicyclic amines) is 1. The number of carbonyl (C=O) groups excluding carboxylic acids is 1. The lowest BCUT2D eigenvalue weighted by Gasteiger charge is -2.35. The number of rotatable bonds is 7. The molecule has 22 heavy (non-hydrogen) atoms. The van der Waals surface area contributed by atoms with Crippen molar-refractivity contribution in [3.05, 3.63) is 0 Å². The molecule has 2 aliphatic rings. The van der Waals surface area contributed by atoms with Gasteiger partial charge in [-0.1, -0.05) is 13.8 Å². The van der Waals surface area contributed by atoms with Gasteiger partial charge < -0.3 is 16.0 Å². The van der Waals surface area contributed by atoms with Crippen LogP contribution in [-0.4, -0.2) is 43.0 Å². The first-order chi connectivity index (χ1) is 9.63. The van der Waals surface area contributed by atoms with Gasteiger partial charge in [-0.3, -0.25) is 4.79 Å². The molecule has 6 heteroatoms. The van der Waals surface area contributed by atoms with Crippen LogP contribution in [0.15, 0.2) is 0 Å². The standard InChI is InChI=1S/C16H31N3O.2ClH/c1-3-16(4-2,12-17)15(20)18-14-7-9-19(10-8-14)11-13-5-6-13;;/h13-14H,3-12,17H2,1-2H3,(H,18,20);2*1H. The van der Waals surface area contributed by atoms with Crippen molar-refractivity contribution in [3.63, 3.8) is 0 Å². The average molecular weight is 354 g/mol. The summed E-state index contributed by atoms with van der Waals surface area (Å²) in [6.07, 6.45) is 6.67. The minimum atomic E-state index is -0.356. The maximum absolute atomic E-state index is 12.5. The zero-order chi connectivity index (χ0) is 14.6. The fourth-order valence-corrected chi connectivity index (χ4v) is 3.22. The highest BCUT2D eigenvalue weighted by atomic mass is 35.5. The molecule has 0 aromatic carbocycles. The van der Waals surface area contributed by atoms with Crippen LogP contribution >= 0.6 is 24.8 Å². The van der Waals surface area contributed by atoms with Crippen LogP contribution < -0.4 is 11.1 Å². The van der Waals surface area contributed by atoms with Gasteiger partial charge in [-0.25, -0.2) is 0 Å². The zero-order valence-electron chi connectivity index (χ0n) is 14.0. The van der Waals surface area contributed by atoms with Crippen LogP contribution in [0.1, 0.15) is 52.4 Å². The molecule has 2 rings (SSSR count). The van der Waals surface area contributed by atoms with Crippen molar-refractivity contribution in [2.24, 2.45) is 17.1 Å². The number of piperidine rings is 1. The van der Waals surface area contributed by atoms with Gasteiger partial charge in [0.25, 0.3) is 0 Å². The number of carbonyl (C=O) groups is 1. The molecule has 0 aromatic rings. The van der Waals surface area contributed by atoms with E-state index in [1.165, 1.54) is 19.4 Å². The summed E-state index contributed by atoms with van der Waals surface area (Å²) in [5.74, 6) is 1.14. The smallest absolute Gasteiger partial charge is 0.227 e. The Hall–Kier alpha value is -0.0300. The van der Waals surface area contributed by atoms with Crippen LogP contribution in [0.2, 0.25) is 0 Å². The van der Waals surface area contributed by atoms with Crippen LogP contribution in [0.25, 0.3) is 0 Å². The maximum Gasteiger partial charge on any atom is 0.227 e. The number of hydrogen-bond donors (Lipinski definition) is 2. The van der Waals surface area contributed by atoms with E-state index in [0.29, 0.717) is 12.6 Å². The summed E-state index contributed by atoms with van der Waals surface area (Å²) in [7, 11) is 0. The molecule has 1 saturated heterocycles. The van der Waals surface area contributed by atoms with Crippen LogP contribution in [0.5, 0.6) is 0 Å². The third-order valence-electron chi connectivity index (χ3n) is 5.36. The van der Waals surface area contributed by atoms with Gasteiger partial charge in [-0.2, -0.15) is 0 Å². The Morgan fingerprint density at radius 3 is 2.09 bits per heavy atom. The first kappa shape index (κ1) is 22.0. The van der Waals surface area contributed by atoms with Gasteiger partial charge in [-0.15, -0.1) is 24.8 Å². The van der Waals surface area contributed by atoms with Crippen molar-refractivity contribution in [1.29, 1.82) is 0 Å². The minimum absolute atomic E-state index is 0. The molecule has 1 saturated carbocycles. The lowest BCUT2D eigenvalue weighted by Crippen LogP contribution is -2.51. The predicted octanol–water partition coefficient (Wildman–Crippen LogP) is 2.59. The number of halogens is 2. The second-order valence-corrected chi connectivity index (χ2v) is 6.68. The van der Waals surface area contributed by atoms with Crippen molar-refractivity contribution in [2.75, 3.05) is 26.2 Å². The van der Waals surface area contributed by atoms with Crippen molar-refractivity contribution < 1.29 is 4.79 Å². The highest BCUT2D eigenvalue weighted by molar-refractivity contribution is 5.85. The first-order valence-corrected chi connectivity index (χ1v) is 8.37. The van der Waals surface area contributed by atoms with Gasteiger partial charge in [0, 0.05) is 32.2 Å². The number of hydrogen-bond acceptors (Lipinski definition) is 3. The topological polar surface area (TPSA) is 58.4 Å². The van der Waals surface area contributed by atoms with Crippen LogP contribution in [0.4, 0.5) is 0 Å². The molecule has 0 spiro atoms. The van der Waals surface area contributed by atoms with Crippen molar-refractivity contribution >= 4 is 30.7 Å². The Bertz CT molecular complexity index is 317. The van der Waals surface area contributed by atoms with E-state index < -0.39 is 0 Å². The molecule has 1 aliphatic carbocycles. The van der Waals surface area contributed by atoms with E-state index in [-0.39, 0.29) is 36.1 Å². The molecule has 1 amide bonds. The molecule has 0 aromatic heterocycles. The molecule has 132 valence electrons. The van der Waals surface area contributed by atoms with Gasteiger partial charge in [0.05, 0.1) is 5.41 Å². The van der Waals surface area contributed by atoms with Gasteiger partial charge in [0.1, 0.15) is 0 Å². The Balaban J connectivity index is 0.00000220. The number of nitrogens with zero attached hydrogens (tertiary/aromatic N) is 1. The molecular formula is C16H33Cl2N3O. The van der Waals surface area contributed by atoms with E-state index in [9.17, 15) is 4.79 Å². The maximum atomic E-state index is 12.5. The largest absolute Gasteiger partial charge is 0.353 e. The number of amides is 1. The second kappa shape index (κ2) is 9.96. The lowest BCUT2D eigenvalue weighted by atomic mass is 9.81. The van der Waals surface area contributed by atoms with Crippen LogP contribution in [0.3, 0.4) is 0 Å². The molecule has 1 heterocycles. The quantitative estimate of drug-likeness (QED) is 0.739. The Morgan fingerprint density at radius 1 is 1.14 bits per heavy atom. The fourth-order valence-electron chi connectivity index (χ4n) is 3.22. The van der Waals surface area contributed by atoms with E-state index in [0.717, 1.165) is 44.7 Å². The summed E-state index contributed by atoms with van der Waals surface area (Å²) in [4.78, 5) is 15.1. The molecule has 3 N–H and O–H groups in total. The van der Waals surface area contributed by atoms with Crippen molar-refractivity contribution in [2.45, 2.75) is 58.4 Å².